The minimum atomic E-state index is -0.221. The first-order valence-electron chi connectivity index (χ1n) is 4.86. The molecule has 0 saturated carbocycles. The Balaban J connectivity index is 2.53. The van der Waals surface area contributed by atoms with Crippen molar-refractivity contribution in [1.29, 1.82) is 0 Å². The van der Waals surface area contributed by atoms with Crippen molar-refractivity contribution in [3.63, 3.8) is 0 Å². The summed E-state index contributed by atoms with van der Waals surface area (Å²) in [7, 11) is 1.69. The molecule has 0 radical (unpaired) electrons. The van der Waals surface area contributed by atoms with Crippen molar-refractivity contribution in [3.05, 3.63) is 21.4 Å². The summed E-state index contributed by atoms with van der Waals surface area (Å²) in [4.78, 5) is 13.1. The highest BCUT2D eigenvalue weighted by molar-refractivity contribution is 7.98. The van der Waals surface area contributed by atoms with Crippen molar-refractivity contribution < 1.29 is 9.53 Å². The summed E-state index contributed by atoms with van der Waals surface area (Å²) < 4.78 is 4.97. The summed E-state index contributed by atoms with van der Waals surface area (Å²) in [5, 5.41) is 0. The number of aryl methyl sites for hydroxylation is 1. The fraction of sp³-hybridized carbons (Fsp3) is 0.500. The van der Waals surface area contributed by atoms with Crippen LogP contribution in [0, 0.1) is 6.92 Å². The molecule has 1 aromatic rings. The first-order valence-corrected chi connectivity index (χ1v) is 6.83. The van der Waals surface area contributed by atoms with Crippen molar-refractivity contribution in [2.45, 2.75) is 12.7 Å². The van der Waals surface area contributed by atoms with Crippen LogP contribution in [0.2, 0.25) is 0 Å². The Labute approximate surface area is 104 Å². The van der Waals surface area contributed by atoms with Crippen molar-refractivity contribution in [1.82, 2.24) is 5.43 Å². The number of carbonyl (C=O) groups excluding carboxylic acids is 1. The number of hydrogen-bond acceptors (Lipinski definition) is 5. The number of carbonyl (C=O) groups is 1. The van der Waals surface area contributed by atoms with Crippen LogP contribution in [0.3, 0.4) is 0 Å². The second-order valence-electron chi connectivity index (χ2n) is 3.21. The number of nitrogens with two attached hydrogens (primary N) is 1. The molecule has 0 aliphatic carbocycles. The number of thioether (sulfide) groups is 1. The fourth-order valence-corrected chi connectivity index (χ4v) is 3.16. The van der Waals surface area contributed by atoms with E-state index in [1.54, 1.807) is 18.9 Å². The fourth-order valence-electron chi connectivity index (χ4n) is 1.17. The van der Waals surface area contributed by atoms with Crippen LogP contribution in [0.25, 0.3) is 0 Å². The van der Waals surface area contributed by atoms with E-state index in [1.807, 2.05) is 13.0 Å². The molecule has 90 valence electrons. The SMILES string of the molecule is COCCSCc1cc(C(=O)NN)sc1C. The molecule has 16 heavy (non-hydrogen) atoms. The second kappa shape index (κ2) is 6.90. The number of methoxy groups -OCH3 is 1. The van der Waals surface area contributed by atoms with Gasteiger partial charge in [0.2, 0.25) is 0 Å². The van der Waals surface area contributed by atoms with Gasteiger partial charge in [-0.15, -0.1) is 11.3 Å². The molecule has 4 nitrogen and oxygen atoms in total. The summed E-state index contributed by atoms with van der Waals surface area (Å²) in [6.45, 7) is 2.77. The molecule has 6 heteroatoms. The minimum absolute atomic E-state index is 0.221. The number of thiophene rings is 1. The summed E-state index contributed by atoms with van der Waals surface area (Å²) in [6, 6.07) is 1.90. The maximum atomic E-state index is 11.3. The van der Waals surface area contributed by atoms with Crippen LogP contribution in [0.5, 0.6) is 0 Å². The lowest BCUT2D eigenvalue weighted by atomic mass is 10.3. The third-order valence-corrected chi connectivity index (χ3v) is 4.13. The van der Waals surface area contributed by atoms with E-state index in [1.165, 1.54) is 21.8 Å². The lowest BCUT2D eigenvalue weighted by molar-refractivity contribution is 0.0957. The van der Waals surface area contributed by atoms with E-state index in [0.717, 1.165) is 18.1 Å². The van der Waals surface area contributed by atoms with Gasteiger partial charge < -0.3 is 4.74 Å². The van der Waals surface area contributed by atoms with E-state index >= 15 is 0 Å². The zero-order valence-corrected chi connectivity index (χ0v) is 11.0. The predicted molar refractivity (Wildman–Crippen MR) is 68.7 cm³/mol. The van der Waals surface area contributed by atoms with Gasteiger partial charge in [0.15, 0.2) is 0 Å². The molecule has 0 fully saturated rings. The molecule has 0 aliphatic heterocycles. The van der Waals surface area contributed by atoms with Crippen LogP contribution in [0.1, 0.15) is 20.1 Å². The van der Waals surface area contributed by atoms with E-state index in [9.17, 15) is 4.79 Å². The molecule has 0 unspecified atom stereocenters. The molecular formula is C10H16N2O2S2. The number of nitrogens with one attached hydrogen (secondary N) is 1. The van der Waals surface area contributed by atoms with Gasteiger partial charge in [0.1, 0.15) is 0 Å². The molecule has 3 N–H and O–H groups in total. The Morgan fingerprint density at radius 2 is 2.44 bits per heavy atom. The van der Waals surface area contributed by atoms with E-state index in [0.29, 0.717) is 4.88 Å². The van der Waals surface area contributed by atoms with Crippen LogP contribution in [0.15, 0.2) is 6.07 Å². The Morgan fingerprint density at radius 3 is 3.06 bits per heavy atom. The van der Waals surface area contributed by atoms with E-state index < -0.39 is 0 Å². The van der Waals surface area contributed by atoms with Gasteiger partial charge in [0.05, 0.1) is 11.5 Å². The van der Waals surface area contributed by atoms with Gasteiger partial charge >= 0.3 is 0 Å². The van der Waals surface area contributed by atoms with E-state index in [2.05, 4.69) is 5.43 Å². The molecule has 1 amide bonds. The topological polar surface area (TPSA) is 64.3 Å². The van der Waals surface area contributed by atoms with Gasteiger partial charge in [0, 0.05) is 23.5 Å². The predicted octanol–water partition coefficient (Wildman–Crippen LogP) is 1.54. The summed E-state index contributed by atoms with van der Waals surface area (Å²) >= 11 is 3.27. The van der Waals surface area contributed by atoms with E-state index in [4.69, 9.17) is 10.6 Å². The smallest absolute Gasteiger partial charge is 0.275 e. The summed E-state index contributed by atoms with van der Waals surface area (Å²) in [5.41, 5.74) is 3.34. The highest BCUT2D eigenvalue weighted by atomic mass is 32.2. The van der Waals surface area contributed by atoms with Crippen molar-refractivity contribution in [2.75, 3.05) is 19.5 Å². The lowest BCUT2D eigenvalue weighted by Gasteiger charge is -1.99. The maximum absolute atomic E-state index is 11.3. The van der Waals surface area contributed by atoms with Crippen molar-refractivity contribution >= 4 is 29.0 Å². The quantitative estimate of drug-likeness (QED) is 0.352. The zero-order valence-electron chi connectivity index (χ0n) is 9.41. The molecule has 0 aromatic carbocycles. The molecular weight excluding hydrogens is 244 g/mol. The highest BCUT2D eigenvalue weighted by Gasteiger charge is 2.10. The molecule has 0 spiro atoms. The average Bonchev–Trinajstić information content (AvgIpc) is 2.65. The zero-order chi connectivity index (χ0) is 12.0. The van der Waals surface area contributed by atoms with Crippen molar-refractivity contribution in [3.8, 4) is 0 Å². The number of hydrogen-bond donors (Lipinski definition) is 2. The number of ether oxygens (including phenoxy) is 1. The molecule has 1 rings (SSSR count). The summed E-state index contributed by atoms with van der Waals surface area (Å²) in [5.74, 6) is 6.74. The van der Waals surface area contributed by atoms with E-state index in [-0.39, 0.29) is 5.91 Å². The Kier molecular flexibility index (Phi) is 5.83. The largest absolute Gasteiger partial charge is 0.384 e. The third-order valence-electron chi connectivity index (χ3n) is 2.06. The molecule has 0 atom stereocenters. The van der Waals surface area contributed by atoms with Gasteiger partial charge in [-0.1, -0.05) is 0 Å². The monoisotopic (exact) mass is 260 g/mol. The van der Waals surface area contributed by atoms with Gasteiger partial charge in [-0.05, 0) is 18.6 Å². The summed E-state index contributed by atoms with van der Waals surface area (Å²) in [6.07, 6.45) is 0. The first kappa shape index (κ1) is 13.5. The van der Waals surface area contributed by atoms with Crippen LogP contribution < -0.4 is 11.3 Å². The molecule has 1 heterocycles. The molecule has 0 saturated heterocycles. The van der Waals surface area contributed by atoms with Crippen LogP contribution in [0.4, 0.5) is 0 Å². The molecule has 1 aromatic heterocycles. The number of nitrogen functional groups attached to an aromatic ring is 1. The first-order chi connectivity index (χ1) is 7.69. The average molecular weight is 260 g/mol. The van der Waals surface area contributed by atoms with Crippen LogP contribution >= 0.6 is 23.1 Å². The molecule has 0 bridgehead atoms. The number of amides is 1. The molecule has 0 aliphatic rings. The maximum Gasteiger partial charge on any atom is 0.275 e. The van der Waals surface area contributed by atoms with Crippen LogP contribution in [-0.2, 0) is 10.5 Å². The Hall–Kier alpha value is -0.560. The van der Waals surface area contributed by atoms with Gasteiger partial charge in [-0.2, -0.15) is 11.8 Å². The van der Waals surface area contributed by atoms with Gasteiger partial charge in [-0.25, -0.2) is 5.84 Å². The van der Waals surface area contributed by atoms with Gasteiger partial charge in [-0.3, -0.25) is 10.2 Å². The lowest BCUT2D eigenvalue weighted by Crippen LogP contribution is -2.29. The van der Waals surface area contributed by atoms with Crippen molar-refractivity contribution in [2.24, 2.45) is 5.84 Å². The Bertz CT molecular complexity index is 353. The normalized spacial score (nSPS) is 10.4. The highest BCUT2D eigenvalue weighted by Crippen LogP contribution is 2.25. The minimum Gasteiger partial charge on any atom is -0.384 e. The second-order valence-corrected chi connectivity index (χ2v) is 5.57. The Morgan fingerprint density at radius 1 is 1.69 bits per heavy atom. The standard InChI is InChI=1S/C10H16N2O2S2/c1-7-8(6-15-4-3-14-2)5-9(16-7)10(13)12-11/h5H,3-4,6,11H2,1-2H3,(H,12,13). The van der Waals surface area contributed by atoms with Crippen LogP contribution in [-0.4, -0.2) is 25.4 Å². The number of rotatable bonds is 6. The third kappa shape index (κ3) is 3.79. The number of hydrazine groups is 1. The van der Waals surface area contributed by atoms with Gasteiger partial charge in [0.25, 0.3) is 5.91 Å².